The van der Waals surface area contributed by atoms with Crippen LogP contribution in [0.3, 0.4) is 0 Å². The normalized spacial score (nSPS) is 17.2. The average molecular weight is 383 g/mol. The number of benzene rings is 1. The maximum Gasteiger partial charge on any atom is 0.252 e. The van der Waals surface area contributed by atoms with E-state index in [2.05, 4.69) is 40.0 Å². The zero-order chi connectivity index (χ0) is 16.7. The molecule has 0 saturated carbocycles. The molecule has 1 aliphatic heterocycles. The van der Waals surface area contributed by atoms with E-state index in [1.165, 1.54) is 0 Å². The molecule has 4 nitrogen and oxygen atoms in total. The van der Waals surface area contributed by atoms with Crippen LogP contribution in [0.25, 0.3) is 0 Å². The monoisotopic (exact) mass is 382 g/mol. The molecule has 0 spiro atoms. The van der Waals surface area contributed by atoms with Crippen LogP contribution in [0.5, 0.6) is 0 Å². The van der Waals surface area contributed by atoms with Crippen LogP contribution in [-0.2, 0) is 4.74 Å². The zero-order valence-corrected chi connectivity index (χ0v) is 15.6. The van der Waals surface area contributed by atoms with Gasteiger partial charge in [-0.2, -0.15) is 0 Å². The van der Waals surface area contributed by atoms with Gasteiger partial charge in [-0.25, -0.2) is 0 Å². The molecule has 1 heterocycles. The van der Waals surface area contributed by atoms with Crippen LogP contribution in [-0.4, -0.2) is 49.7 Å². The van der Waals surface area contributed by atoms with E-state index in [0.717, 1.165) is 43.6 Å². The number of ether oxygens (including phenoxy) is 1. The van der Waals surface area contributed by atoms with E-state index in [9.17, 15) is 4.79 Å². The van der Waals surface area contributed by atoms with Gasteiger partial charge in [-0.15, -0.1) is 0 Å². The predicted molar refractivity (Wildman–Crippen MR) is 96.7 cm³/mol. The van der Waals surface area contributed by atoms with E-state index < -0.39 is 0 Å². The van der Waals surface area contributed by atoms with Crippen molar-refractivity contribution in [1.29, 1.82) is 0 Å². The molecule has 5 heteroatoms. The van der Waals surface area contributed by atoms with Crippen molar-refractivity contribution in [3.05, 3.63) is 34.3 Å². The van der Waals surface area contributed by atoms with Gasteiger partial charge in [0, 0.05) is 30.1 Å². The lowest BCUT2D eigenvalue weighted by atomic mass is 9.92. The fourth-order valence-electron chi connectivity index (χ4n) is 3.27. The van der Waals surface area contributed by atoms with Gasteiger partial charge >= 0.3 is 0 Å². The summed E-state index contributed by atoms with van der Waals surface area (Å²) >= 11 is 3.45. The molecule has 0 aromatic heterocycles. The van der Waals surface area contributed by atoms with Crippen LogP contribution in [0, 0.1) is 5.92 Å². The Hall–Kier alpha value is -0.910. The van der Waals surface area contributed by atoms with Crippen LogP contribution in [0.2, 0.25) is 0 Å². The van der Waals surface area contributed by atoms with Crippen molar-refractivity contribution >= 4 is 21.8 Å². The maximum atomic E-state index is 12.5. The van der Waals surface area contributed by atoms with Crippen LogP contribution in [0.1, 0.15) is 37.0 Å². The van der Waals surface area contributed by atoms with E-state index in [1.807, 2.05) is 24.3 Å². The molecule has 1 amide bonds. The highest BCUT2D eigenvalue weighted by Crippen LogP contribution is 2.20. The molecule has 1 aromatic rings. The summed E-state index contributed by atoms with van der Waals surface area (Å²) in [4.78, 5) is 14.9. The Balaban J connectivity index is 2.02. The van der Waals surface area contributed by atoms with E-state index in [1.54, 1.807) is 0 Å². The Kier molecular flexibility index (Phi) is 7.53. The van der Waals surface area contributed by atoms with Crippen molar-refractivity contribution in [2.45, 2.75) is 32.7 Å². The van der Waals surface area contributed by atoms with Crippen LogP contribution < -0.4 is 5.32 Å². The second-order valence-corrected chi connectivity index (χ2v) is 6.84. The molecule has 1 saturated heterocycles. The van der Waals surface area contributed by atoms with Crippen LogP contribution in [0.15, 0.2) is 28.7 Å². The molecule has 1 N–H and O–H groups in total. The second-order valence-electron chi connectivity index (χ2n) is 5.98. The molecular weight excluding hydrogens is 356 g/mol. The fraction of sp³-hybridized carbons (Fsp3) is 0.611. The Morgan fingerprint density at radius 2 is 1.91 bits per heavy atom. The first-order valence-corrected chi connectivity index (χ1v) is 9.31. The molecule has 1 atom stereocenters. The minimum atomic E-state index is -0.0123. The number of morpholine rings is 1. The Bertz CT molecular complexity index is 500. The largest absolute Gasteiger partial charge is 0.379 e. The molecule has 2 rings (SSSR count). The highest BCUT2D eigenvalue weighted by molar-refractivity contribution is 9.10. The number of nitrogens with one attached hydrogen (secondary N) is 1. The number of nitrogens with zero attached hydrogens (tertiary/aromatic N) is 1. The minimum Gasteiger partial charge on any atom is -0.379 e. The van der Waals surface area contributed by atoms with Gasteiger partial charge in [0.1, 0.15) is 0 Å². The molecule has 1 fully saturated rings. The number of hydrogen-bond acceptors (Lipinski definition) is 3. The topological polar surface area (TPSA) is 41.6 Å². The van der Waals surface area contributed by atoms with Gasteiger partial charge in [-0.1, -0.05) is 38.8 Å². The summed E-state index contributed by atoms with van der Waals surface area (Å²) in [5, 5.41) is 3.13. The summed E-state index contributed by atoms with van der Waals surface area (Å²) in [6, 6.07) is 7.93. The predicted octanol–water partition coefficient (Wildman–Crippen LogP) is 3.32. The van der Waals surface area contributed by atoms with Gasteiger partial charge in [0.25, 0.3) is 5.91 Å². The Morgan fingerprint density at radius 1 is 1.26 bits per heavy atom. The molecule has 0 aliphatic carbocycles. The van der Waals surface area contributed by atoms with Crippen molar-refractivity contribution in [2.24, 2.45) is 5.92 Å². The summed E-state index contributed by atoms with van der Waals surface area (Å²) in [7, 11) is 0. The molecule has 128 valence electrons. The third-order valence-electron chi connectivity index (χ3n) is 4.70. The first kappa shape index (κ1) is 18.4. The summed E-state index contributed by atoms with van der Waals surface area (Å²) in [6.45, 7) is 8.63. The lowest BCUT2D eigenvalue weighted by Gasteiger charge is -2.38. The van der Waals surface area contributed by atoms with Gasteiger partial charge < -0.3 is 10.1 Å². The van der Waals surface area contributed by atoms with Crippen molar-refractivity contribution < 1.29 is 9.53 Å². The average Bonchev–Trinajstić information content (AvgIpc) is 2.59. The number of rotatable bonds is 7. The van der Waals surface area contributed by atoms with E-state index >= 15 is 0 Å². The van der Waals surface area contributed by atoms with Crippen molar-refractivity contribution in [3.63, 3.8) is 0 Å². The number of amides is 1. The molecule has 1 aromatic carbocycles. The first-order chi connectivity index (χ1) is 11.2. The highest BCUT2D eigenvalue weighted by Gasteiger charge is 2.27. The Labute approximate surface area is 147 Å². The molecular formula is C18H27BrN2O2. The molecule has 0 unspecified atom stereocenters. The fourth-order valence-corrected chi connectivity index (χ4v) is 3.74. The van der Waals surface area contributed by atoms with Crippen molar-refractivity contribution in [3.8, 4) is 0 Å². The van der Waals surface area contributed by atoms with Crippen LogP contribution in [0.4, 0.5) is 0 Å². The zero-order valence-electron chi connectivity index (χ0n) is 14.1. The smallest absolute Gasteiger partial charge is 0.252 e. The van der Waals surface area contributed by atoms with Crippen molar-refractivity contribution in [2.75, 3.05) is 32.8 Å². The second kappa shape index (κ2) is 9.40. The first-order valence-electron chi connectivity index (χ1n) is 8.51. The molecule has 23 heavy (non-hydrogen) atoms. The number of carbonyl (C=O) groups is 1. The number of halogens is 1. The minimum absolute atomic E-state index is 0.0123. The van der Waals surface area contributed by atoms with Crippen molar-refractivity contribution in [1.82, 2.24) is 10.2 Å². The quantitative estimate of drug-likeness (QED) is 0.786. The summed E-state index contributed by atoms with van der Waals surface area (Å²) < 4.78 is 6.31. The third-order valence-corrected chi connectivity index (χ3v) is 5.39. The lowest BCUT2D eigenvalue weighted by Crippen LogP contribution is -2.52. The van der Waals surface area contributed by atoms with E-state index in [0.29, 0.717) is 24.1 Å². The van der Waals surface area contributed by atoms with Gasteiger partial charge in [0.2, 0.25) is 0 Å². The van der Waals surface area contributed by atoms with Gasteiger partial charge in [-0.05, 0) is 34.0 Å². The summed E-state index contributed by atoms with van der Waals surface area (Å²) in [5.74, 6) is 0.578. The lowest BCUT2D eigenvalue weighted by molar-refractivity contribution is 0.00191. The van der Waals surface area contributed by atoms with Gasteiger partial charge in [0.15, 0.2) is 0 Å². The van der Waals surface area contributed by atoms with Gasteiger partial charge in [-0.3, -0.25) is 9.69 Å². The Morgan fingerprint density at radius 3 is 2.52 bits per heavy atom. The maximum absolute atomic E-state index is 12.5. The standard InChI is InChI=1S/C18H27BrN2O2/c1-3-14(4-2)17(21-9-11-23-12-10-21)13-20-18(22)15-7-5-6-8-16(15)19/h5-8,14,17H,3-4,9-13H2,1-2H3,(H,20,22)/t17-/m1/s1. The van der Waals surface area contributed by atoms with E-state index in [-0.39, 0.29) is 5.91 Å². The molecule has 0 bridgehead atoms. The third kappa shape index (κ3) is 5.03. The summed E-state index contributed by atoms with van der Waals surface area (Å²) in [5.41, 5.74) is 0.692. The number of hydrogen-bond donors (Lipinski definition) is 1. The highest BCUT2D eigenvalue weighted by atomic mass is 79.9. The van der Waals surface area contributed by atoms with E-state index in [4.69, 9.17) is 4.74 Å². The van der Waals surface area contributed by atoms with Gasteiger partial charge in [0.05, 0.1) is 18.8 Å². The van der Waals surface area contributed by atoms with Crippen LogP contribution >= 0.6 is 15.9 Å². The molecule has 1 aliphatic rings. The number of carbonyl (C=O) groups excluding carboxylic acids is 1. The summed E-state index contributed by atoms with van der Waals surface area (Å²) in [6.07, 6.45) is 2.26. The SMILES string of the molecule is CCC(CC)[C@@H](CNC(=O)c1ccccc1Br)N1CCOCC1. The molecule has 0 radical (unpaired) electrons.